The lowest BCUT2D eigenvalue weighted by molar-refractivity contribution is -0.143. The third-order valence-corrected chi connectivity index (χ3v) is 2.88. The SMILES string of the molecule is CCOC(=O)CCN1CCC(NC(=O)OC(C)(C)C)C1=O. The van der Waals surface area contributed by atoms with Crippen molar-refractivity contribution < 1.29 is 23.9 Å². The van der Waals surface area contributed by atoms with Crippen molar-refractivity contribution in [2.24, 2.45) is 0 Å². The number of nitrogens with one attached hydrogen (secondary N) is 1. The van der Waals surface area contributed by atoms with Crippen molar-refractivity contribution in [3.8, 4) is 0 Å². The molecule has 1 heterocycles. The number of likely N-dealkylation sites (tertiary alicyclic amines) is 1. The van der Waals surface area contributed by atoms with Crippen LogP contribution in [0.5, 0.6) is 0 Å². The molecule has 120 valence electrons. The van der Waals surface area contributed by atoms with E-state index in [0.29, 0.717) is 26.1 Å². The Labute approximate surface area is 124 Å². The first-order chi connectivity index (χ1) is 9.73. The van der Waals surface area contributed by atoms with Gasteiger partial charge < -0.3 is 19.7 Å². The number of ether oxygens (including phenoxy) is 2. The van der Waals surface area contributed by atoms with E-state index in [2.05, 4.69) is 5.32 Å². The summed E-state index contributed by atoms with van der Waals surface area (Å²) in [7, 11) is 0. The highest BCUT2D eigenvalue weighted by molar-refractivity contribution is 5.87. The van der Waals surface area contributed by atoms with E-state index >= 15 is 0 Å². The molecule has 0 saturated carbocycles. The number of alkyl carbamates (subject to hydrolysis) is 1. The van der Waals surface area contributed by atoms with E-state index in [9.17, 15) is 14.4 Å². The fourth-order valence-corrected chi connectivity index (χ4v) is 2.00. The number of amides is 2. The van der Waals surface area contributed by atoms with Gasteiger partial charge in [-0.25, -0.2) is 4.79 Å². The van der Waals surface area contributed by atoms with Crippen LogP contribution in [-0.4, -0.2) is 54.2 Å². The quantitative estimate of drug-likeness (QED) is 0.768. The molecule has 1 aliphatic heterocycles. The second-order valence-electron chi connectivity index (χ2n) is 5.87. The van der Waals surface area contributed by atoms with E-state index in [4.69, 9.17) is 9.47 Å². The highest BCUT2D eigenvalue weighted by Crippen LogP contribution is 2.13. The van der Waals surface area contributed by atoms with E-state index in [1.807, 2.05) is 0 Å². The number of carbonyl (C=O) groups excluding carboxylic acids is 3. The van der Waals surface area contributed by atoms with Gasteiger partial charge in [-0.05, 0) is 34.1 Å². The molecule has 0 aromatic carbocycles. The first kappa shape index (κ1) is 17.3. The molecule has 0 bridgehead atoms. The van der Waals surface area contributed by atoms with Crippen molar-refractivity contribution >= 4 is 18.0 Å². The molecule has 0 aromatic rings. The minimum absolute atomic E-state index is 0.165. The summed E-state index contributed by atoms with van der Waals surface area (Å²) in [5.41, 5.74) is -0.602. The molecular formula is C14H24N2O5. The smallest absolute Gasteiger partial charge is 0.408 e. The van der Waals surface area contributed by atoms with Gasteiger partial charge >= 0.3 is 12.1 Å². The molecule has 1 rings (SSSR count). The van der Waals surface area contributed by atoms with Crippen LogP contribution in [0.1, 0.15) is 40.5 Å². The molecule has 1 fully saturated rings. The second kappa shape index (κ2) is 7.28. The van der Waals surface area contributed by atoms with Crippen molar-refractivity contribution in [3.05, 3.63) is 0 Å². The van der Waals surface area contributed by atoms with Gasteiger partial charge in [0.15, 0.2) is 0 Å². The molecule has 0 aliphatic carbocycles. The fourth-order valence-electron chi connectivity index (χ4n) is 2.00. The van der Waals surface area contributed by atoms with E-state index in [0.717, 1.165) is 0 Å². The van der Waals surface area contributed by atoms with Gasteiger partial charge in [-0.2, -0.15) is 0 Å². The largest absolute Gasteiger partial charge is 0.466 e. The first-order valence-corrected chi connectivity index (χ1v) is 7.17. The number of esters is 1. The number of rotatable bonds is 5. The zero-order chi connectivity index (χ0) is 16.0. The molecule has 7 heteroatoms. The van der Waals surface area contributed by atoms with Crippen LogP contribution < -0.4 is 5.32 Å². The van der Waals surface area contributed by atoms with Gasteiger partial charge in [0.1, 0.15) is 11.6 Å². The van der Waals surface area contributed by atoms with Crippen molar-refractivity contribution in [3.63, 3.8) is 0 Å². The first-order valence-electron chi connectivity index (χ1n) is 7.17. The average Bonchev–Trinajstić information content (AvgIpc) is 2.66. The van der Waals surface area contributed by atoms with Crippen LogP contribution in [0.3, 0.4) is 0 Å². The Hall–Kier alpha value is -1.79. The summed E-state index contributed by atoms with van der Waals surface area (Å²) in [6.45, 7) is 8.16. The third-order valence-electron chi connectivity index (χ3n) is 2.88. The molecule has 1 N–H and O–H groups in total. The number of nitrogens with zero attached hydrogens (tertiary/aromatic N) is 1. The average molecular weight is 300 g/mol. The molecule has 0 spiro atoms. The number of hydrogen-bond acceptors (Lipinski definition) is 5. The summed E-state index contributed by atoms with van der Waals surface area (Å²) >= 11 is 0. The van der Waals surface area contributed by atoms with Crippen molar-refractivity contribution in [1.82, 2.24) is 10.2 Å². The maximum absolute atomic E-state index is 12.1. The van der Waals surface area contributed by atoms with Crippen molar-refractivity contribution in [2.75, 3.05) is 19.7 Å². The second-order valence-corrected chi connectivity index (χ2v) is 5.87. The highest BCUT2D eigenvalue weighted by atomic mass is 16.6. The number of hydrogen-bond donors (Lipinski definition) is 1. The van der Waals surface area contributed by atoms with Crippen molar-refractivity contribution in [2.45, 2.75) is 52.2 Å². The Kier molecular flexibility index (Phi) is 5.99. The van der Waals surface area contributed by atoms with Gasteiger partial charge in [-0.3, -0.25) is 9.59 Å². The van der Waals surface area contributed by atoms with Gasteiger partial charge in [0.25, 0.3) is 0 Å². The van der Waals surface area contributed by atoms with E-state index < -0.39 is 17.7 Å². The molecule has 1 saturated heterocycles. The zero-order valence-electron chi connectivity index (χ0n) is 13.1. The van der Waals surface area contributed by atoms with Crippen molar-refractivity contribution in [1.29, 1.82) is 0 Å². The lowest BCUT2D eigenvalue weighted by Gasteiger charge is -2.21. The molecule has 0 radical (unpaired) electrons. The monoisotopic (exact) mass is 300 g/mol. The van der Waals surface area contributed by atoms with Crippen LogP contribution >= 0.6 is 0 Å². The summed E-state index contributed by atoms with van der Waals surface area (Å²) < 4.78 is 9.93. The predicted octanol–water partition coefficient (Wildman–Crippen LogP) is 1.07. The Morgan fingerprint density at radius 2 is 2.05 bits per heavy atom. The highest BCUT2D eigenvalue weighted by Gasteiger charge is 2.33. The van der Waals surface area contributed by atoms with Crippen LogP contribution in [0.4, 0.5) is 4.79 Å². The lowest BCUT2D eigenvalue weighted by atomic mass is 10.2. The molecule has 1 unspecified atom stereocenters. The van der Waals surface area contributed by atoms with Crippen LogP contribution in [0.15, 0.2) is 0 Å². The maximum Gasteiger partial charge on any atom is 0.408 e. The van der Waals surface area contributed by atoms with Gasteiger partial charge in [-0.15, -0.1) is 0 Å². The molecule has 2 amide bonds. The summed E-state index contributed by atoms with van der Waals surface area (Å²) in [5, 5.41) is 2.56. The normalized spacial score (nSPS) is 18.6. The minimum Gasteiger partial charge on any atom is -0.466 e. The summed E-state index contributed by atoms with van der Waals surface area (Å²) in [6, 6.07) is -0.581. The molecular weight excluding hydrogens is 276 g/mol. The molecule has 1 aliphatic rings. The van der Waals surface area contributed by atoms with Crippen LogP contribution in [0.2, 0.25) is 0 Å². The maximum atomic E-state index is 12.1. The van der Waals surface area contributed by atoms with E-state index in [-0.39, 0.29) is 18.3 Å². The van der Waals surface area contributed by atoms with E-state index in [1.165, 1.54) is 0 Å². The predicted molar refractivity (Wildman–Crippen MR) is 75.6 cm³/mol. The molecule has 7 nitrogen and oxygen atoms in total. The molecule has 21 heavy (non-hydrogen) atoms. The topological polar surface area (TPSA) is 84.9 Å². The van der Waals surface area contributed by atoms with Crippen LogP contribution in [-0.2, 0) is 19.1 Å². The van der Waals surface area contributed by atoms with E-state index in [1.54, 1.807) is 32.6 Å². The van der Waals surface area contributed by atoms with Gasteiger partial charge in [-0.1, -0.05) is 0 Å². The summed E-state index contributed by atoms with van der Waals surface area (Å²) in [5.74, 6) is -0.515. The third kappa shape index (κ3) is 6.01. The molecule has 1 atom stereocenters. The Morgan fingerprint density at radius 1 is 1.38 bits per heavy atom. The van der Waals surface area contributed by atoms with Crippen LogP contribution in [0.25, 0.3) is 0 Å². The van der Waals surface area contributed by atoms with Gasteiger partial charge in [0, 0.05) is 13.1 Å². The van der Waals surface area contributed by atoms with Gasteiger partial charge in [0.05, 0.1) is 13.0 Å². The fraction of sp³-hybridized carbons (Fsp3) is 0.786. The van der Waals surface area contributed by atoms with Crippen LogP contribution in [0, 0.1) is 0 Å². The Bertz CT molecular complexity index is 403. The Balaban J connectivity index is 2.39. The molecule has 0 aromatic heterocycles. The zero-order valence-corrected chi connectivity index (χ0v) is 13.1. The summed E-state index contributed by atoms with van der Waals surface area (Å²) in [4.78, 5) is 36.5. The standard InChI is InChI=1S/C14H24N2O5/c1-5-20-11(17)7-9-16-8-6-10(12(16)18)15-13(19)21-14(2,3)4/h10H,5-9H2,1-4H3,(H,15,19). The number of carbonyl (C=O) groups is 3. The van der Waals surface area contributed by atoms with Gasteiger partial charge in [0.2, 0.25) is 5.91 Å². The summed E-state index contributed by atoms with van der Waals surface area (Å²) in [6.07, 6.45) is 0.0766. The minimum atomic E-state index is -0.604. The lowest BCUT2D eigenvalue weighted by Crippen LogP contribution is -2.44. The Morgan fingerprint density at radius 3 is 2.62 bits per heavy atom.